The molecule has 0 saturated heterocycles. The summed E-state index contributed by atoms with van der Waals surface area (Å²) in [5.74, 6) is 0.150. The third-order valence-electron chi connectivity index (χ3n) is 4.46. The van der Waals surface area contributed by atoms with Crippen LogP contribution in [0.2, 0.25) is 0 Å². The number of benzene rings is 1. The van der Waals surface area contributed by atoms with Crippen molar-refractivity contribution < 1.29 is 4.79 Å². The fraction of sp³-hybridized carbons (Fsp3) is 0.632. The van der Waals surface area contributed by atoms with Crippen LogP contribution in [0.15, 0.2) is 24.3 Å². The number of unbranched alkanes of at least 4 members (excludes halogenated alkanes) is 6. The minimum Gasteiger partial charge on any atom is -0.282 e. The fourth-order valence-corrected chi connectivity index (χ4v) is 3.17. The van der Waals surface area contributed by atoms with E-state index < -0.39 is 0 Å². The second-order valence-electron chi connectivity index (χ2n) is 6.46. The Hall–Kier alpha value is -1.51. The van der Waals surface area contributed by atoms with E-state index in [1.54, 1.807) is 0 Å². The van der Waals surface area contributed by atoms with E-state index in [1.807, 2.05) is 11.1 Å². The van der Waals surface area contributed by atoms with Gasteiger partial charge in [0.15, 0.2) is 0 Å². The molecule has 1 N–H and O–H groups in total. The molecule has 0 saturated carbocycles. The lowest BCUT2D eigenvalue weighted by Crippen LogP contribution is -2.45. The van der Waals surface area contributed by atoms with E-state index in [0.29, 0.717) is 12.5 Å². The Bertz CT molecular complexity index is 472. The number of nitrogens with zero attached hydrogens (tertiary/aromatic N) is 1. The van der Waals surface area contributed by atoms with E-state index in [9.17, 15) is 4.79 Å². The molecule has 2 rings (SSSR count). The quantitative estimate of drug-likeness (QED) is 0.676. The van der Waals surface area contributed by atoms with Gasteiger partial charge in [-0.15, -0.1) is 0 Å². The van der Waals surface area contributed by atoms with Gasteiger partial charge in [0.2, 0.25) is 5.91 Å². The van der Waals surface area contributed by atoms with Gasteiger partial charge in [0.25, 0.3) is 0 Å². The van der Waals surface area contributed by atoms with Gasteiger partial charge in [0, 0.05) is 6.42 Å². The minimum absolute atomic E-state index is 0.150. The van der Waals surface area contributed by atoms with Crippen LogP contribution < -0.4 is 10.4 Å². The smallest absolute Gasteiger partial charge is 0.238 e. The van der Waals surface area contributed by atoms with Gasteiger partial charge in [-0.25, -0.2) is 0 Å². The number of hydrogen-bond donors (Lipinski definition) is 1. The van der Waals surface area contributed by atoms with Crippen LogP contribution in [0.25, 0.3) is 0 Å². The highest BCUT2D eigenvalue weighted by molar-refractivity contribution is 5.79. The summed E-state index contributed by atoms with van der Waals surface area (Å²) in [7, 11) is 0. The highest BCUT2D eigenvalue weighted by atomic mass is 16.2. The molecular weight excluding hydrogens is 272 g/mol. The summed E-state index contributed by atoms with van der Waals surface area (Å²) in [6, 6.07) is 8.68. The van der Waals surface area contributed by atoms with E-state index in [2.05, 4.69) is 37.5 Å². The SMILES string of the molecule is CCCCCCCCCC(=O)NN1c2ccccc2CC1C. The second-order valence-corrected chi connectivity index (χ2v) is 6.46. The van der Waals surface area contributed by atoms with Crippen molar-refractivity contribution in [3.05, 3.63) is 29.8 Å². The van der Waals surface area contributed by atoms with Crippen LogP contribution in [-0.4, -0.2) is 11.9 Å². The van der Waals surface area contributed by atoms with Crippen LogP contribution in [0.3, 0.4) is 0 Å². The van der Waals surface area contributed by atoms with E-state index in [0.717, 1.165) is 18.5 Å². The normalized spacial score (nSPS) is 16.6. The van der Waals surface area contributed by atoms with Crippen molar-refractivity contribution >= 4 is 11.6 Å². The van der Waals surface area contributed by atoms with Gasteiger partial charge >= 0.3 is 0 Å². The molecule has 1 amide bonds. The van der Waals surface area contributed by atoms with Crippen molar-refractivity contribution in [1.82, 2.24) is 5.43 Å². The Morgan fingerprint density at radius 3 is 2.59 bits per heavy atom. The predicted molar refractivity (Wildman–Crippen MR) is 92.8 cm³/mol. The Balaban J connectivity index is 1.67. The lowest BCUT2D eigenvalue weighted by molar-refractivity contribution is -0.121. The zero-order valence-corrected chi connectivity index (χ0v) is 14.1. The molecule has 1 aromatic carbocycles. The molecule has 22 heavy (non-hydrogen) atoms. The monoisotopic (exact) mass is 302 g/mol. The number of anilines is 1. The first-order chi connectivity index (χ1) is 10.7. The van der Waals surface area contributed by atoms with Crippen LogP contribution >= 0.6 is 0 Å². The Morgan fingerprint density at radius 1 is 1.14 bits per heavy atom. The third-order valence-corrected chi connectivity index (χ3v) is 4.46. The van der Waals surface area contributed by atoms with Gasteiger partial charge in [-0.3, -0.25) is 15.2 Å². The Labute approximate surface area is 135 Å². The molecule has 1 unspecified atom stereocenters. The van der Waals surface area contributed by atoms with Crippen molar-refractivity contribution in [2.24, 2.45) is 0 Å². The standard InChI is InChI=1S/C19H30N2O/c1-3-4-5-6-7-8-9-14-19(22)20-21-16(2)15-17-12-10-11-13-18(17)21/h10-13,16H,3-9,14-15H2,1-2H3,(H,20,22). The first kappa shape index (κ1) is 16.9. The lowest BCUT2D eigenvalue weighted by atomic mass is 10.1. The van der Waals surface area contributed by atoms with Gasteiger partial charge in [0.05, 0.1) is 11.7 Å². The summed E-state index contributed by atoms with van der Waals surface area (Å²) >= 11 is 0. The number of nitrogens with one attached hydrogen (secondary N) is 1. The topological polar surface area (TPSA) is 32.3 Å². The summed E-state index contributed by atoms with van der Waals surface area (Å²) in [5, 5.41) is 2.04. The maximum absolute atomic E-state index is 12.1. The average Bonchev–Trinajstić information content (AvgIpc) is 2.82. The van der Waals surface area contributed by atoms with Crippen molar-refractivity contribution in [3.8, 4) is 0 Å². The van der Waals surface area contributed by atoms with E-state index in [4.69, 9.17) is 0 Å². The highest BCUT2D eigenvalue weighted by Gasteiger charge is 2.26. The third kappa shape index (κ3) is 4.75. The molecule has 0 aliphatic carbocycles. The van der Waals surface area contributed by atoms with Crippen molar-refractivity contribution in [2.75, 3.05) is 5.01 Å². The Kier molecular flexibility index (Phi) is 6.75. The molecule has 3 heteroatoms. The molecule has 122 valence electrons. The molecule has 1 aliphatic rings. The van der Waals surface area contributed by atoms with Gasteiger partial charge < -0.3 is 0 Å². The number of carbonyl (C=O) groups excluding carboxylic acids is 1. The summed E-state index contributed by atoms with van der Waals surface area (Å²) < 4.78 is 0. The number of para-hydroxylation sites is 1. The molecule has 1 atom stereocenters. The molecule has 0 radical (unpaired) electrons. The summed E-state index contributed by atoms with van der Waals surface area (Å²) in [6.45, 7) is 4.40. The number of fused-ring (bicyclic) bond motifs is 1. The molecule has 3 nitrogen and oxygen atoms in total. The first-order valence-corrected chi connectivity index (χ1v) is 8.89. The molecule has 0 aromatic heterocycles. The van der Waals surface area contributed by atoms with Crippen LogP contribution in [0.4, 0.5) is 5.69 Å². The molecule has 1 heterocycles. The second kappa shape index (κ2) is 8.82. The molecular formula is C19H30N2O. The van der Waals surface area contributed by atoms with Crippen molar-refractivity contribution in [1.29, 1.82) is 0 Å². The zero-order valence-electron chi connectivity index (χ0n) is 14.1. The molecule has 0 bridgehead atoms. The number of amides is 1. The van der Waals surface area contributed by atoms with Gasteiger partial charge in [-0.2, -0.15) is 0 Å². The minimum atomic E-state index is 0.150. The number of hydrazine groups is 1. The highest BCUT2D eigenvalue weighted by Crippen LogP contribution is 2.29. The molecule has 0 spiro atoms. The van der Waals surface area contributed by atoms with Gasteiger partial charge in [-0.05, 0) is 31.4 Å². The van der Waals surface area contributed by atoms with Crippen LogP contribution in [-0.2, 0) is 11.2 Å². The average molecular weight is 302 g/mol. The van der Waals surface area contributed by atoms with Crippen molar-refractivity contribution in [3.63, 3.8) is 0 Å². The van der Waals surface area contributed by atoms with Crippen LogP contribution in [0.1, 0.15) is 70.8 Å². The largest absolute Gasteiger partial charge is 0.282 e. The lowest BCUT2D eigenvalue weighted by Gasteiger charge is -2.25. The number of hydrogen-bond acceptors (Lipinski definition) is 2. The van der Waals surface area contributed by atoms with E-state index in [-0.39, 0.29) is 5.91 Å². The fourth-order valence-electron chi connectivity index (χ4n) is 3.17. The molecule has 1 aliphatic heterocycles. The van der Waals surface area contributed by atoms with E-state index in [1.165, 1.54) is 44.1 Å². The predicted octanol–water partition coefficient (Wildman–Crippen LogP) is 4.61. The summed E-state index contributed by atoms with van der Waals surface area (Å²) in [4.78, 5) is 12.1. The number of rotatable bonds is 9. The van der Waals surface area contributed by atoms with Gasteiger partial charge in [0.1, 0.15) is 0 Å². The molecule has 0 fully saturated rings. The maximum atomic E-state index is 12.1. The van der Waals surface area contributed by atoms with E-state index >= 15 is 0 Å². The number of carbonyl (C=O) groups is 1. The first-order valence-electron chi connectivity index (χ1n) is 8.89. The summed E-state index contributed by atoms with van der Waals surface area (Å²) in [6.07, 6.45) is 10.4. The Morgan fingerprint density at radius 2 is 1.82 bits per heavy atom. The van der Waals surface area contributed by atoms with Crippen LogP contribution in [0, 0.1) is 0 Å². The summed E-state index contributed by atoms with van der Waals surface area (Å²) in [5.41, 5.74) is 5.57. The molecule has 1 aromatic rings. The zero-order chi connectivity index (χ0) is 15.8. The maximum Gasteiger partial charge on any atom is 0.238 e. The van der Waals surface area contributed by atoms with Gasteiger partial charge in [-0.1, -0.05) is 63.6 Å². The van der Waals surface area contributed by atoms with Crippen molar-refractivity contribution in [2.45, 2.75) is 77.7 Å². The van der Waals surface area contributed by atoms with Crippen LogP contribution in [0.5, 0.6) is 0 Å².